The van der Waals surface area contributed by atoms with Crippen LogP contribution in [-0.4, -0.2) is 24.4 Å². The van der Waals surface area contributed by atoms with Gasteiger partial charge in [-0.1, -0.05) is 23.7 Å². The molecule has 0 heterocycles. The van der Waals surface area contributed by atoms with Crippen molar-refractivity contribution in [3.63, 3.8) is 0 Å². The van der Waals surface area contributed by atoms with Crippen molar-refractivity contribution in [3.05, 3.63) is 59.1 Å². The van der Waals surface area contributed by atoms with E-state index >= 15 is 0 Å². The predicted octanol–water partition coefficient (Wildman–Crippen LogP) is 2.88. The smallest absolute Gasteiger partial charge is 0.119 e. The molecule has 0 saturated heterocycles. The lowest BCUT2D eigenvalue weighted by molar-refractivity contribution is 0.00549. The third-order valence-corrected chi connectivity index (χ3v) is 3.07. The van der Waals surface area contributed by atoms with Gasteiger partial charge in [0, 0.05) is 10.7 Å². The maximum Gasteiger partial charge on any atom is 0.119 e. The van der Waals surface area contributed by atoms with E-state index in [1.54, 1.807) is 36.4 Å². The minimum Gasteiger partial charge on any atom is -0.491 e. The molecular weight excluding hydrogens is 290 g/mol. The van der Waals surface area contributed by atoms with Gasteiger partial charge in [0.05, 0.1) is 13.2 Å². The summed E-state index contributed by atoms with van der Waals surface area (Å²) >= 11 is 5.80. The zero-order valence-electron chi connectivity index (χ0n) is 11.5. The standard InChI is InChI=1S/C16H18ClNO3/c17-13-3-1-12(2-4-13)9-20-10-15(19)11-21-16-7-5-14(18)6-8-16/h1-8,15,19H,9-11,18H2. The van der Waals surface area contributed by atoms with Crippen molar-refractivity contribution < 1.29 is 14.6 Å². The second-order valence-corrected chi connectivity index (χ2v) is 5.11. The molecule has 1 unspecified atom stereocenters. The summed E-state index contributed by atoms with van der Waals surface area (Å²) in [6.07, 6.45) is -0.685. The number of nitrogen functional groups attached to an aromatic ring is 1. The Hall–Kier alpha value is -1.75. The van der Waals surface area contributed by atoms with Gasteiger partial charge in [-0.15, -0.1) is 0 Å². The van der Waals surface area contributed by atoms with E-state index in [1.807, 2.05) is 12.1 Å². The van der Waals surface area contributed by atoms with E-state index in [2.05, 4.69) is 0 Å². The van der Waals surface area contributed by atoms with Crippen molar-refractivity contribution in [2.45, 2.75) is 12.7 Å². The van der Waals surface area contributed by atoms with Crippen LogP contribution in [-0.2, 0) is 11.3 Å². The molecule has 0 aliphatic heterocycles. The molecule has 112 valence electrons. The Morgan fingerprint density at radius 2 is 1.67 bits per heavy atom. The van der Waals surface area contributed by atoms with Gasteiger partial charge in [0.15, 0.2) is 0 Å². The number of anilines is 1. The van der Waals surface area contributed by atoms with Gasteiger partial charge < -0.3 is 20.3 Å². The van der Waals surface area contributed by atoms with Crippen LogP contribution in [0.5, 0.6) is 5.75 Å². The molecule has 0 saturated carbocycles. The summed E-state index contributed by atoms with van der Waals surface area (Å²) in [6, 6.07) is 14.4. The van der Waals surface area contributed by atoms with Crippen LogP contribution in [0.2, 0.25) is 5.02 Å². The molecule has 0 fully saturated rings. The number of nitrogens with two attached hydrogens (primary N) is 1. The van der Waals surface area contributed by atoms with E-state index in [9.17, 15) is 5.11 Å². The summed E-state index contributed by atoms with van der Waals surface area (Å²) in [4.78, 5) is 0. The maximum absolute atomic E-state index is 9.79. The molecule has 0 spiro atoms. The number of hydrogen-bond acceptors (Lipinski definition) is 4. The summed E-state index contributed by atoms with van der Waals surface area (Å²) in [5, 5.41) is 10.5. The topological polar surface area (TPSA) is 64.7 Å². The van der Waals surface area contributed by atoms with E-state index in [1.165, 1.54) is 0 Å². The van der Waals surface area contributed by atoms with E-state index in [0.29, 0.717) is 23.1 Å². The maximum atomic E-state index is 9.79. The van der Waals surface area contributed by atoms with E-state index < -0.39 is 6.10 Å². The van der Waals surface area contributed by atoms with Crippen LogP contribution in [0.15, 0.2) is 48.5 Å². The first-order chi connectivity index (χ1) is 10.1. The molecule has 2 aromatic rings. The second-order valence-electron chi connectivity index (χ2n) is 4.68. The lowest BCUT2D eigenvalue weighted by Crippen LogP contribution is -2.23. The number of hydrogen-bond donors (Lipinski definition) is 2. The predicted molar refractivity (Wildman–Crippen MR) is 83.5 cm³/mol. The number of ether oxygens (including phenoxy) is 2. The fraction of sp³-hybridized carbons (Fsp3) is 0.250. The molecule has 0 aromatic heterocycles. The minimum absolute atomic E-state index is 0.171. The van der Waals surface area contributed by atoms with Gasteiger partial charge in [0.2, 0.25) is 0 Å². The van der Waals surface area contributed by atoms with Gasteiger partial charge in [-0.05, 0) is 42.0 Å². The molecule has 0 radical (unpaired) electrons. The zero-order valence-corrected chi connectivity index (χ0v) is 12.3. The van der Waals surface area contributed by atoms with Gasteiger partial charge in [0.1, 0.15) is 18.5 Å². The van der Waals surface area contributed by atoms with E-state index in [0.717, 1.165) is 5.56 Å². The molecule has 21 heavy (non-hydrogen) atoms. The van der Waals surface area contributed by atoms with Crippen molar-refractivity contribution in [3.8, 4) is 5.75 Å². The van der Waals surface area contributed by atoms with Gasteiger partial charge in [-0.3, -0.25) is 0 Å². The van der Waals surface area contributed by atoms with Crippen molar-refractivity contribution in [2.24, 2.45) is 0 Å². The number of halogens is 1. The van der Waals surface area contributed by atoms with Crippen LogP contribution >= 0.6 is 11.6 Å². The lowest BCUT2D eigenvalue weighted by Gasteiger charge is -2.13. The number of aliphatic hydroxyl groups is 1. The van der Waals surface area contributed by atoms with Gasteiger partial charge >= 0.3 is 0 Å². The van der Waals surface area contributed by atoms with Gasteiger partial charge in [-0.25, -0.2) is 0 Å². The van der Waals surface area contributed by atoms with Crippen LogP contribution in [0, 0.1) is 0 Å². The Balaban J connectivity index is 1.66. The van der Waals surface area contributed by atoms with Crippen LogP contribution in [0.25, 0.3) is 0 Å². The fourth-order valence-electron chi connectivity index (χ4n) is 1.70. The van der Waals surface area contributed by atoms with Gasteiger partial charge in [-0.2, -0.15) is 0 Å². The Kier molecular flexibility index (Phi) is 5.87. The first-order valence-corrected chi connectivity index (χ1v) is 7.00. The highest BCUT2D eigenvalue weighted by Crippen LogP contribution is 2.13. The summed E-state index contributed by atoms with van der Waals surface area (Å²) in [5.74, 6) is 0.668. The molecule has 3 N–H and O–H groups in total. The summed E-state index contributed by atoms with van der Waals surface area (Å²) < 4.78 is 10.9. The summed E-state index contributed by atoms with van der Waals surface area (Å²) in [5.41, 5.74) is 7.26. The quantitative estimate of drug-likeness (QED) is 0.772. The minimum atomic E-state index is -0.685. The fourth-order valence-corrected chi connectivity index (χ4v) is 1.82. The van der Waals surface area contributed by atoms with Crippen molar-refractivity contribution >= 4 is 17.3 Å². The summed E-state index contributed by atoms with van der Waals surface area (Å²) in [6.45, 7) is 0.804. The zero-order chi connectivity index (χ0) is 15.1. The molecule has 0 bridgehead atoms. The molecule has 2 aromatic carbocycles. The third kappa shape index (κ3) is 5.63. The Morgan fingerprint density at radius 3 is 2.33 bits per heavy atom. The average molecular weight is 308 g/mol. The Bertz CT molecular complexity index is 542. The molecule has 2 rings (SSSR count). The van der Waals surface area contributed by atoms with Crippen LogP contribution < -0.4 is 10.5 Å². The molecule has 0 aliphatic rings. The second kappa shape index (κ2) is 7.88. The van der Waals surface area contributed by atoms with Crippen molar-refractivity contribution in [2.75, 3.05) is 18.9 Å². The van der Waals surface area contributed by atoms with Crippen LogP contribution in [0.3, 0.4) is 0 Å². The molecule has 4 nitrogen and oxygen atoms in total. The monoisotopic (exact) mass is 307 g/mol. The van der Waals surface area contributed by atoms with E-state index in [4.69, 9.17) is 26.8 Å². The third-order valence-electron chi connectivity index (χ3n) is 2.81. The highest BCUT2D eigenvalue weighted by atomic mass is 35.5. The SMILES string of the molecule is Nc1ccc(OCC(O)COCc2ccc(Cl)cc2)cc1. The highest BCUT2D eigenvalue weighted by molar-refractivity contribution is 6.30. The molecule has 0 amide bonds. The number of benzene rings is 2. The molecule has 1 atom stereocenters. The first-order valence-electron chi connectivity index (χ1n) is 6.62. The van der Waals surface area contributed by atoms with E-state index in [-0.39, 0.29) is 13.2 Å². The van der Waals surface area contributed by atoms with Crippen LogP contribution in [0.4, 0.5) is 5.69 Å². The average Bonchev–Trinajstić information content (AvgIpc) is 2.49. The number of aliphatic hydroxyl groups excluding tert-OH is 1. The highest BCUT2D eigenvalue weighted by Gasteiger charge is 2.06. The first kappa shape index (κ1) is 15.6. The normalized spacial score (nSPS) is 12.1. The molecule has 0 aliphatic carbocycles. The van der Waals surface area contributed by atoms with Crippen molar-refractivity contribution in [1.82, 2.24) is 0 Å². The van der Waals surface area contributed by atoms with Gasteiger partial charge in [0.25, 0.3) is 0 Å². The molecular formula is C16H18ClNO3. The van der Waals surface area contributed by atoms with Crippen molar-refractivity contribution in [1.29, 1.82) is 0 Å². The van der Waals surface area contributed by atoms with Crippen LogP contribution in [0.1, 0.15) is 5.56 Å². The Morgan fingerprint density at radius 1 is 1.00 bits per heavy atom. The summed E-state index contributed by atoms with van der Waals surface area (Å²) in [7, 11) is 0. The number of rotatable bonds is 7. The lowest BCUT2D eigenvalue weighted by atomic mass is 10.2. The largest absolute Gasteiger partial charge is 0.491 e. The Labute approximate surface area is 129 Å². The molecule has 5 heteroatoms.